The Bertz CT molecular complexity index is 742. The maximum atomic E-state index is 12.5. The molecule has 1 atom stereocenters. The smallest absolute Gasteiger partial charge is 0.289 e. The van der Waals surface area contributed by atoms with E-state index in [9.17, 15) is 14.7 Å². The monoisotopic (exact) mass is 316 g/mol. The van der Waals surface area contributed by atoms with Crippen molar-refractivity contribution in [2.24, 2.45) is 0 Å². The largest absolute Gasteiger partial charge is 0.451 e. The van der Waals surface area contributed by atoms with Gasteiger partial charge in [-0.3, -0.25) is 9.59 Å². The fraction of sp³-hybridized carbons (Fsp3) is 0.412. The van der Waals surface area contributed by atoms with E-state index in [4.69, 9.17) is 4.42 Å². The lowest BCUT2D eigenvalue weighted by atomic mass is 10.2. The van der Waals surface area contributed by atoms with Crippen LogP contribution >= 0.6 is 0 Å². The second-order valence-electron chi connectivity index (χ2n) is 5.95. The number of nitrogens with zero attached hydrogens (tertiary/aromatic N) is 2. The second-order valence-corrected chi connectivity index (χ2v) is 5.95. The van der Waals surface area contributed by atoms with Gasteiger partial charge < -0.3 is 19.3 Å². The molecule has 1 unspecified atom stereocenters. The topological polar surface area (TPSA) is 74.0 Å². The van der Waals surface area contributed by atoms with Crippen molar-refractivity contribution in [1.82, 2.24) is 9.80 Å². The molecular formula is C17H20N2O4. The van der Waals surface area contributed by atoms with Crippen molar-refractivity contribution < 1.29 is 19.1 Å². The number of hydrogen-bond acceptors (Lipinski definition) is 4. The molecule has 1 fully saturated rings. The molecule has 1 aromatic heterocycles. The molecular weight excluding hydrogens is 296 g/mol. The van der Waals surface area contributed by atoms with Gasteiger partial charge in [0.25, 0.3) is 11.8 Å². The van der Waals surface area contributed by atoms with Crippen LogP contribution in [0, 0.1) is 6.92 Å². The molecule has 23 heavy (non-hydrogen) atoms. The summed E-state index contributed by atoms with van der Waals surface area (Å²) >= 11 is 0. The normalized spacial score (nSPS) is 16.7. The Hall–Kier alpha value is -2.34. The number of hydrogen-bond donors (Lipinski definition) is 1. The highest BCUT2D eigenvalue weighted by atomic mass is 16.3. The summed E-state index contributed by atoms with van der Waals surface area (Å²) in [5.41, 5.74) is 1.81. The van der Waals surface area contributed by atoms with E-state index in [1.807, 2.05) is 25.1 Å². The van der Waals surface area contributed by atoms with Crippen LogP contribution in [0.2, 0.25) is 0 Å². The molecule has 1 aromatic carbocycles. The average Bonchev–Trinajstić information content (AvgIpc) is 2.96. The first-order valence-electron chi connectivity index (χ1n) is 7.72. The number of rotatable bonds is 2. The van der Waals surface area contributed by atoms with Crippen LogP contribution < -0.4 is 0 Å². The number of piperazine rings is 1. The lowest BCUT2D eigenvalue weighted by molar-refractivity contribution is -0.140. The van der Waals surface area contributed by atoms with Gasteiger partial charge in [-0.25, -0.2) is 0 Å². The zero-order valence-electron chi connectivity index (χ0n) is 13.3. The number of benzene rings is 1. The van der Waals surface area contributed by atoms with E-state index < -0.39 is 6.10 Å². The minimum atomic E-state index is -1.00. The highest BCUT2D eigenvalue weighted by molar-refractivity contribution is 5.96. The molecule has 3 rings (SSSR count). The number of carbonyl (C=O) groups excluding carboxylic acids is 2. The van der Waals surface area contributed by atoms with Gasteiger partial charge in [0.15, 0.2) is 5.76 Å². The van der Waals surface area contributed by atoms with E-state index in [2.05, 4.69) is 0 Å². The molecule has 2 aromatic rings. The van der Waals surface area contributed by atoms with Gasteiger partial charge in [-0.15, -0.1) is 0 Å². The molecule has 0 spiro atoms. The van der Waals surface area contributed by atoms with Crippen molar-refractivity contribution >= 4 is 22.8 Å². The van der Waals surface area contributed by atoms with Gasteiger partial charge >= 0.3 is 0 Å². The Kier molecular flexibility index (Phi) is 4.09. The SMILES string of the molecule is Cc1ccc2oc(C(=O)N3CCN(C(=O)C(C)O)CC3)cc2c1. The first-order valence-corrected chi connectivity index (χ1v) is 7.72. The van der Waals surface area contributed by atoms with Gasteiger partial charge in [0.1, 0.15) is 11.7 Å². The Labute approximate surface area is 134 Å². The zero-order chi connectivity index (χ0) is 16.6. The van der Waals surface area contributed by atoms with Gasteiger partial charge in [-0.1, -0.05) is 11.6 Å². The Morgan fingerprint density at radius 3 is 2.43 bits per heavy atom. The van der Waals surface area contributed by atoms with E-state index >= 15 is 0 Å². The maximum Gasteiger partial charge on any atom is 0.289 e. The van der Waals surface area contributed by atoms with Crippen molar-refractivity contribution in [3.63, 3.8) is 0 Å². The van der Waals surface area contributed by atoms with Gasteiger partial charge in [0, 0.05) is 31.6 Å². The molecule has 1 aliphatic rings. The molecule has 1 N–H and O–H groups in total. The van der Waals surface area contributed by atoms with Crippen LogP contribution in [0.15, 0.2) is 28.7 Å². The molecule has 0 radical (unpaired) electrons. The lowest BCUT2D eigenvalue weighted by Crippen LogP contribution is -2.52. The van der Waals surface area contributed by atoms with Gasteiger partial charge in [0.2, 0.25) is 0 Å². The van der Waals surface area contributed by atoms with Crippen LogP contribution in [-0.4, -0.2) is 59.0 Å². The molecule has 0 bridgehead atoms. The van der Waals surface area contributed by atoms with Crippen LogP contribution in [0.25, 0.3) is 11.0 Å². The molecule has 2 heterocycles. The number of furan rings is 1. The van der Waals surface area contributed by atoms with Crippen molar-refractivity contribution in [3.8, 4) is 0 Å². The lowest BCUT2D eigenvalue weighted by Gasteiger charge is -2.34. The fourth-order valence-corrected chi connectivity index (χ4v) is 2.82. The third-order valence-electron chi connectivity index (χ3n) is 4.12. The maximum absolute atomic E-state index is 12.5. The number of aliphatic hydroxyl groups excluding tert-OH is 1. The number of carbonyl (C=O) groups is 2. The van der Waals surface area contributed by atoms with Crippen molar-refractivity contribution in [2.45, 2.75) is 20.0 Å². The second kappa shape index (κ2) is 6.04. The minimum absolute atomic E-state index is 0.164. The van der Waals surface area contributed by atoms with Gasteiger partial charge in [-0.05, 0) is 32.0 Å². The van der Waals surface area contributed by atoms with E-state index in [1.54, 1.807) is 15.9 Å². The van der Waals surface area contributed by atoms with E-state index in [0.29, 0.717) is 37.5 Å². The van der Waals surface area contributed by atoms with E-state index in [0.717, 1.165) is 10.9 Å². The summed E-state index contributed by atoms with van der Waals surface area (Å²) < 4.78 is 5.64. The highest BCUT2D eigenvalue weighted by Crippen LogP contribution is 2.22. The number of aliphatic hydroxyl groups is 1. The standard InChI is InChI=1S/C17H20N2O4/c1-11-3-4-14-13(9-11)10-15(23-14)17(22)19-7-5-18(6-8-19)16(21)12(2)20/h3-4,9-10,12,20H,5-8H2,1-2H3. The Balaban J connectivity index is 1.70. The van der Waals surface area contributed by atoms with Crippen LogP contribution in [-0.2, 0) is 4.79 Å². The minimum Gasteiger partial charge on any atom is -0.451 e. The summed E-state index contributed by atoms with van der Waals surface area (Å²) in [6, 6.07) is 7.55. The first kappa shape index (κ1) is 15.6. The zero-order valence-corrected chi connectivity index (χ0v) is 13.3. The fourth-order valence-electron chi connectivity index (χ4n) is 2.82. The number of fused-ring (bicyclic) bond motifs is 1. The summed E-state index contributed by atoms with van der Waals surface area (Å²) in [6.45, 7) is 5.17. The van der Waals surface area contributed by atoms with Crippen molar-refractivity contribution in [3.05, 3.63) is 35.6 Å². The third kappa shape index (κ3) is 3.07. The molecule has 6 nitrogen and oxygen atoms in total. The highest BCUT2D eigenvalue weighted by Gasteiger charge is 2.28. The van der Waals surface area contributed by atoms with Gasteiger partial charge in [0.05, 0.1) is 0 Å². The van der Waals surface area contributed by atoms with E-state index in [-0.39, 0.29) is 11.8 Å². The summed E-state index contributed by atoms with van der Waals surface area (Å²) in [6.07, 6.45) is -1.00. The molecule has 1 saturated heterocycles. The summed E-state index contributed by atoms with van der Waals surface area (Å²) in [4.78, 5) is 27.5. The summed E-state index contributed by atoms with van der Waals surface area (Å²) in [5.74, 6) is -0.139. The molecule has 122 valence electrons. The van der Waals surface area contributed by atoms with Gasteiger partial charge in [-0.2, -0.15) is 0 Å². The number of amides is 2. The van der Waals surface area contributed by atoms with Crippen LogP contribution in [0.3, 0.4) is 0 Å². The molecule has 0 saturated carbocycles. The third-order valence-corrected chi connectivity index (χ3v) is 4.12. The summed E-state index contributed by atoms with van der Waals surface area (Å²) in [5, 5.41) is 10.3. The molecule has 6 heteroatoms. The Morgan fingerprint density at radius 1 is 1.13 bits per heavy atom. The first-order chi connectivity index (χ1) is 11.0. The summed E-state index contributed by atoms with van der Waals surface area (Å²) in [7, 11) is 0. The van der Waals surface area contributed by atoms with Crippen molar-refractivity contribution in [2.75, 3.05) is 26.2 Å². The predicted octanol–water partition coefficient (Wildman–Crippen LogP) is 1.41. The van der Waals surface area contributed by atoms with Crippen LogP contribution in [0.5, 0.6) is 0 Å². The number of aryl methyl sites for hydroxylation is 1. The van der Waals surface area contributed by atoms with Crippen molar-refractivity contribution in [1.29, 1.82) is 0 Å². The average molecular weight is 316 g/mol. The molecule has 1 aliphatic heterocycles. The molecule has 0 aliphatic carbocycles. The molecule has 2 amide bonds. The van der Waals surface area contributed by atoms with Crippen LogP contribution in [0.1, 0.15) is 23.0 Å². The predicted molar refractivity (Wildman–Crippen MR) is 85.1 cm³/mol. The van der Waals surface area contributed by atoms with E-state index in [1.165, 1.54) is 6.92 Å². The van der Waals surface area contributed by atoms with Crippen LogP contribution in [0.4, 0.5) is 0 Å². The quantitative estimate of drug-likeness (QED) is 0.909. The Morgan fingerprint density at radius 2 is 1.78 bits per heavy atom.